The molecule has 0 aliphatic heterocycles. The van der Waals surface area contributed by atoms with Gasteiger partial charge in [0.2, 0.25) is 0 Å². The van der Waals surface area contributed by atoms with Crippen molar-refractivity contribution in [2.45, 2.75) is 0 Å². The van der Waals surface area contributed by atoms with E-state index < -0.39 is 11.1 Å². The predicted molar refractivity (Wildman–Crippen MR) is 101 cm³/mol. The van der Waals surface area contributed by atoms with Crippen LogP contribution in [0.1, 0.15) is 5.56 Å². The predicted octanol–water partition coefficient (Wildman–Crippen LogP) is 1.03. The quantitative estimate of drug-likeness (QED) is 0.761. The van der Waals surface area contributed by atoms with Crippen LogP contribution in [0.3, 0.4) is 0 Å². The first kappa shape index (κ1) is 16.5. The van der Waals surface area contributed by atoms with E-state index in [1.165, 1.54) is 29.3 Å². The maximum Gasteiger partial charge on any atom is 0.268 e. The summed E-state index contributed by atoms with van der Waals surface area (Å²) in [7, 11) is 3.02. The number of rotatable bonds is 2. The molecule has 0 radical (unpaired) electrons. The molecule has 1 N–H and O–H groups in total. The highest BCUT2D eigenvalue weighted by Gasteiger charge is 2.07. The third-order valence-corrected chi connectivity index (χ3v) is 4.31. The molecule has 3 aromatic rings. The van der Waals surface area contributed by atoms with Crippen LogP contribution in [0.2, 0.25) is 0 Å². The lowest BCUT2D eigenvalue weighted by Gasteiger charge is -2.04. The normalized spacial score (nSPS) is 11.3. The lowest BCUT2D eigenvalue weighted by molar-refractivity contribution is 0.507. The Bertz CT molecular complexity index is 1180. The smallest absolute Gasteiger partial charge is 0.268 e. The van der Waals surface area contributed by atoms with Crippen molar-refractivity contribution < 1.29 is 5.11 Å². The summed E-state index contributed by atoms with van der Waals surface area (Å²) < 4.78 is 2.47. The molecular formula is C20H18N2O3. The summed E-state index contributed by atoms with van der Waals surface area (Å²) in [5.74, 6) is -0.367. The number of aromatic nitrogens is 2. The Labute approximate surface area is 143 Å². The Morgan fingerprint density at radius 1 is 1.00 bits per heavy atom. The van der Waals surface area contributed by atoms with Gasteiger partial charge < -0.3 is 5.11 Å². The Morgan fingerprint density at radius 3 is 2.28 bits per heavy atom. The summed E-state index contributed by atoms with van der Waals surface area (Å²) >= 11 is 0. The highest BCUT2D eigenvalue weighted by Crippen LogP contribution is 2.19. The van der Waals surface area contributed by atoms with Crippen molar-refractivity contribution in [2.24, 2.45) is 14.1 Å². The van der Waals surface area contributed by atoms with Crippen LogP contribution in [0.15, 0.2) is 58.1 Å². The lowest BCUT2D eigenvalue weighted by Crippen LogP contribution is -2.57. The number of fused-ring (bicyclic) bond motifs is 1. The lowest BCUT2D eigenvalue weighted by atomic mass is 10.0. The van der Waals surface area contributed by atoms with E-state index in [4.69, 9.17) is 0 Å². The topological polar surface area (TPSA) is 64.2 Å². The van der Waals surface area contributed by atoms with E-state index >= 15 is 0 Å². The molecule has 25 heavy (non-hydrogen) atoms. The van der Waals surface area contributed by atoms with Gasteiger partial charge in [-0.3, -0.25) is 18.7 Å². The third kappa shape index (κ3) is 2.80. The highest BCUT2D eigenvalue weighted by molar-refractivity contribution is 5.91. The van der Waals surface area contributed by atoms with E-state index in [0.29, 0.717) is 0 Å². The molecule has 126 valence electrons. The van der Waals surface area contributed by atoms with Crippen LogP contribution >= 0.6 is 0 Å². The maximum absolute atomic E-state index is 12.3. The summed E-state index contributed by atoms with van der Waals surface area (Å²) in [6, 6.07) is 13.7. The number of aliphatic hydroxyl groups excluding tert-OH is 1. The van der Waals surface area contributed by atoms with Gasteiger partial charge in [-0.25, -0.2) is 0 Å². The van der Waals surface area contributed by atoms with E-state index in [2.05, 4.69) is 6.58 Å². The van der Waals surface area contributed by atoms with Gasteiger partial charge in [0.25, 0.3) is 11.1 Å². The fourth-order valence-electron chi connectivity index (χ4n) is 2.75. The van der Waals surface area contributed by atoms with Crippen molar-refractivity contribution in [3.8, 4) is 0 Å². The molecule has 0 amide bonds. The average molecular weight is 334 g/mol. The van der Waals surface area contributed by atoms with Crippen LogP contribution in [0.4, 0.5) is 0 Å². The van der Waals surface area contributed by atoms with Gasteiger partial charge in [0, 0.05) is 14.1 Å². The van der Waals surface area contributed by atoms with Crippen molar-refractivity contribution in [2.75, 3.05) is 0 Å². The average Bonchev–Trinajstić information content (AvgIpc) is 2.63. The molecule has 0 spiro atoms. The van der Waals surface area contributed by atoms with Gasteiger partial charge in [0.15, 0.2) is 0 Å². The first-order valence-corrected chi connectivity index (χ1v) is 7.76. The molecule has 0 fully saturated rings. The number of benzene rings is 2. The molecule has 1 heterocycles. The second kappa shape index (κ2) is 6.28. The van der Waals surface area contributed by atoms with E-state index in [9.17, 15) is 14.7 Å². The molecule has 1 aromatic heterocycles. The van der Waals surface area contributed by atoms with E-state index in [1.807, 2.05) is 42.5 Å². The number of hydrogen-bond donors (Lipinski definition) is 1. The van der Waals surface area contributed by atoms with Gasteiger partial charge in [0.05, 0.1) is 0 Å². The fourth-order valence-corrected chi connectivity index (χ4v) is 2.75. The van der Waals surface area contributed by atoms with Gasteiger partial charge in [-0.1, -0.05) is 55.1 Å². The van der Waals surface area contributed by atoms with Crippen molar-refractivity contribution in [3.05, 3.63) is 85.5 Å². The molecule has 0 bridgehead atoms. The van der Waals surface area contributed by atoms with E-state index in [-0.39, 0.29) is 16.5 Å². The van der Waals surface area contributed by atoms with Crippen LogP contribution in [0.25, 0.3) is 29.2 Å². The molecule has 0 aliphatic rings. The molecule has 0 unspecified atom stereocenters. The first-order chi connectivity index (χ1) is 11.9. The molecule has 0 aliphatic carbocycles. The van der Waals surface area contributed by atoms with Crippen LogP contribution in [-0.4, -0.2) is 14.2 Å². The van der Waals surface area contributed by atoms with Gasteiger partial charge in [-0.15, -0.1) is 0 Å². The molecular weight excluding hydrogens is 316 g/mol. The van der Waals surface area contributed by atoms with Crippen LogP contribution in [0, 0.1) is 0 Å². The van der Waals surface area contributed by atoms with E-state index in [0.717, 1.165) is 16.3 Å². The third-order valence-electron chi connectivity index (χ3n) is 4.31. The molecule has 3 rings (SSSR count). The zero-order valence-corrected chi connectivity index (χ0v) is 14.1. The number of hydrogen-bond acceptors (Lipinski definition) is 3. The SMILES string of the molecule is C=c1n(C)c(=O)c(=C(O)/C=C/c2cccc3ccccc23)c(=O)n1C. The monoisotopic (exact) mass is 334 g/mol. The maximum atomic E-state index is 12.3. The second-order valence-corrected chi connectivity index (χ2v) is 5.81. The second-order valence-electron chi connectivity index (χ2n) is 5.81. The highest BCUT2D eigenvalue weighted by atomic mass is 16.3. The van der Waals surface area contributed by atoms with Crippen LogP contribution in [0.5, 0.6) is 0 Å². The summed E-state index contributed by atoms with van der Waals surface area (Å²) in [4.78, 5) is 24.6. The summed E-state index contributed by atoms with van der Waals surface area (Å²) in [5.41, 5.74) is -0.00185. The zero-order valence-electron chi connectivity index (χ0n) is 14.1. The summed E-state index contributed by atoms with van der Waals surface area (Å²) in [6.45, 7) is 3.69. The van der Waals surface area contributed by atoms with Crippen molar-refractivity contribution in [1.29, 1.82) is 0 Å². The Balaban J connectivity index is 2.24. The first-order valence-electron chi connectivity index (χ1n) is 7.76. The van der Waals surface area contributed by atoms with Gasteiger partial charge in [-0.2, -0.15) is 0 Å². The van der Waals surface area contributed by atoms with E-state index in [1.54, 1.807) is 6.08 Å². The number of nitrogens with zero attached hydrogens (tertiary/aromatic N) is 2. The van der Waals surface area contributed by atoms with Gasteiger partial charge in [-0.05, 0) is 22.4 Å². The van der Waals surface area contributed by atoms with Crippen LogP contribution in [-0.2, 0) is 14.1 Å². The zero-order chi connectivity index (χ0) is 18.1. The minimum Gasteiger partial charge on any atom is -0.507 e. The van der Waals surface area contributed by atoms with Crippen molar-refractivity contribution in [1.82, 2.24) is 9.13 Å². The number of aliphatic hydroxyl groups is 1. The molecule has 0 atom stereocenters. The van der Waals surface area contributed by atoms with Crippen molar-refractivity contribution in [3.63, 3.8) is 0 Å². The molecule has 5 heteroatoms. The molecule has 2 aromatic carbocycles. The summed E-state index contributed by atoms with van der Waals surface area (Å²) in [6.07, 6.45) is 3.07. The fraction of sp³-hybridized carbons (Fsp3) is 0.100. The molecule has 0 saturated heterocycles. The largest absolute Gasteiger partial charge is 0.507 e. The minimum absolute atomic E-state index is 0.268. The Kier molecular flexibility index (Phi) is 4.15. The molecule has 5 nitrogen and oxygen atoms in total. The van der Waals surface area contributed by atoms with Gasteiger partial charge in [0.1, 0.15) is 16.5 Å². The minimum atomic E-state index is -0.576. The van der Waals surface area contributed by atoms with Gasteiger partial charge >= 0.3 is 0 Å². The standard InChI is InChI=1S/C20H18N2O3/c1-13-21(2)19(24)18(20(25)22(13)3)17(23)12-11-15-9-6-8-14-7-4-5-10-16(14)15/h4-12,23H,1H2,2-3H3/b12-11+. The van der Waals surface area contributed by atoms with Crippen LogP contribution < -0.4 is 21.8 Å². The van der Waals surface area contributed by atoms with Crippen molar-refractivity contribution >= 4 is 29.2 Å². The Hall–Kier alpha value is -3.34. The summed E-state index contributed by atoms with van der Waals surface area (Å²) in [5, 5.41) is 12.2. The Morgan fingerprint density at radius 2 is 1.60 bits per heavy atom. The molecule has 0 saturated carbocycles.